The van der Waals surface area contributed by atoms with Gasteiger partial charge in [0.2, 0.25) is 6.41 Å². The zero-order valence-corrected chi connectivity index (χ0v) is 24.0. The Kier molecular flexibility index (Phi) is 8.46. The number of nitrogen functional groups attached to an aromatic ring is 1. The number of thioether (sulfide) groups is 2. The summed E-state index contributed by atoms with van der Waals surface area (Å²) in [6.45, 7) is 0.744. The van der Waals surface area contributed by atoms with E-state index in [2.05, 4.69) is 20.8 Å². The highest BCUT2D eigenvalue weighted by Crippen LogP contribution is 2.40. The van der Waals surface area contributed by atoms with Gasteiger partial charge in [-0.05, 0) is 12.1 Å². The van der Waals surface area contributed by atoms with Crippen LogP contribution in [0.3, 0.4) is 0 Å². The number of pyridine rings is 1. The molecule has 1 saturated heterocycles. The number of fused-ring (bicyclic) bond motifs is 2. The second-order valence-corrected chi connectivity index (χ2v) is 11.8. The highest BCUT2D eigenvalue weighted by atomic mass is 32.2. The fraction of sp³-hybridized carbons (Fsp3) is 0.292. The third-order valence-corrected chi connectivity index (χ3v) is 9.34. The third-order valence-electron chi connectivity index (χ3n) is 6.29. The van der Waals surface area contributed by atoms with Crippen LogP contribution < -0.4 is 26.0 Å². The Morgan fingerprint density at radius 3 is 2.95 bits per heavy atom. The molecule has 3 amide bonds. The molecule has 2 atom stereocenters. The number of nitrogens with zero attached hydrogens (tertiary/aromatic N) is 5. The minimum absolute atomic E-state index is 0.154. The Morgan fingerprint density at radius 2 is 2.24 bits per heavy atom. The number of nitrogens with one attached hydrogen (secondary N) is 2. The van der Waals surface area contributed by atoms with Gasteiger partial charge in [-0.1, -0.05) is 16.9 Å². The first-order valence-electron chi connectivity index (χ1n) is 12.1. The Hall–Kier alpha value is -4.09. The van der Waals surface area contributed by atoms with Crippen LogP contribution in [0.2, 0.25) is 0 Å². The lowest BCUT2D eigenvalue weighted by Crippen LogP contribution is -2.71. The maximum absolute atomic E-state index is 13.1. The topological polar surface area (TPSA) is 187 Å². The van der Waals surface area contributed by atoms with Crippen molar-refractivity contribution in [3.63, 3.8) is 0 Å². The average Bonchev–Trinajstić information content (AvgIpc) is 3.58. The maximum atomic E-state index is 13.1. The van der Waals surface area contributed by atoms with Gasteiger partial charge < -0.3 is 31.1 Å². The van der Waals surface area contributed by atoms with E-state index < -0.39 is 29.2 Å². The zero-order valence-electron chi connectivity index (χ0n) is 21.5. The molecular weight excluding hydrogens is 593 g/mol. The largest absolute Gasteiger partial charge is 0.543 e. The van der Waals surface area contributed by atoms with E-state index >= 15 is 0 Å². The molecule has 4 N–H and O–H groups in total. The number of β-lactam (4-membered cyclic amide) rings is 1. The summed E-state index contributed by atoms with van der Waals surface area (Å²) in [4.78, 5) is 58.8. The van der Waals surface area contributed by atoms with Crippen molar-refractivity contribution in [1.29, 1.82) is 0 Å². The summed E-state index contributed by atoms with van der Waals surface area (Å²) in [5.41, 5.74) is 6.84. The number of hydrogen-bond donors (Lipinski definition) is 3. The highest BCUT2D eigenvalue weighted by molar-refractivity contribution is 8.00. The molecule has 0 aromatic carbocycles. The van der Waals surface area contributed by atoms with Crippen molar-refractivity contribution in [2.24, 2.45) is 5.16 Å². The monoisotopic (exact) mass is 616 g/mol. The number of thiazole rings is 1. The number of anilines is 1. The van der Waals surface area contributed by atoms with Crippen LogP contribution in [0.25, 0.3) is 5.65 Å². The van der Waals surface area contributed by atoms with E-state index in [0.29, 0.717) is 30.0 Å². The Morgan fingerprint density at radius 1 is 1.41 bits per heavy atom. The van der Waals surface area contributed by atoms with E-state index in [4.69, 9.17) is 10.6 Å². The first-order chi connectivity index (χ1) is 19.8. The normalized spacial score (nSPS) is 18.6. The second kappa shape index (κ2) is 12.2. The molecule has 0 bridgehead atoms. The van der Waals surface area contributed by atoms with E-state index in [1.54, 1.807) is 11.8 Å². The lowest BCUT2D eigenvalue weighted by molar-refractivity contribution is -0.662. The molecule has 0 unspecified atom stereocenters. The van der Waals surface area contributed by atoms with Crippen molar-refractivity contribution in [3.05, 3.63) is 52.9 Å². The molecule has 3 aromatic rings. The number of oxime groups is 1. The molecule has 0 saturated carbocycles. The molecule has 0 spiro atoms. The fourth-order valence-corrected chi connectivity index (χ4v) is 7.30. The smallest absolute Gasteiger partial charge is 0.287 e. The van der Waals surface area contributed by atoms with Crippen LogP contribution in [-0.4, -0.2) is 80.8 Å². The Bertz CT molecular complexity index is 1580. The van der Waals surface area contributed by atoms with Crippen LogP contribution in [0.5, 0.6) is 0 Å². The number of aromatic nitrogens is 3. The van der Waals surface area contributed by atoms with Gasteiger partial charge in [0, 0.05) is 35.1 Å². The molecule has 0 radical (unpaired) electrons. The van der Waals surface area contributed by atoms with Crippen molar-refractivity contribution in [3.8, 4) is 0 Å². The number of carbonyl (C=O) groups excluding carboxylic acids is 4. The van der Waals surface area contributed by atoms with Gasteiger partial charge in [0.25, 0.3) is 17.5 Å². The van der Waals surface area contributed by atoms with Gasteiger partial charge in [0.05, 0.1) is 11.7 Å². The molecule has 0 aliphatic carbocycles. The number of carboxylic acid groups (broad SMARTS) is 1. The van der Waals surface area contributed by atoms with Crippen molar-refractivity contribution >= 4 is 75.5 Å². The van der Waals surface area contributed by atoms with Crippen LogP contribution in [0, 0.1) is 0 Å². The van der Waals surface area contributed by atoms with E-state index in [0.717, 1.165) is 26.9 Å². The summed E-state index contributed by atoms with van der Waals surface area (Å²) >= 11 is 4.03. The van der Waals surface area contributed by atoms with E-state index in [1.807, 2.05) is 39.6 Å². The SMILES string of the molecule is CO/N=C(\C(=O)N[C@@H]1C(=O)N2C(C(=O)[O-])=C(C[n+]3ccn4c(SCCNC=O)cccc43)CS[C@H]12)c1csc(N)n1. The molecule has 5 rings (SSSR count). The standard InChI is InChI=1S/C24H24N8O6S3/c1-38-29-17(14-11-41-24(25)27-14)20(34)28-18-21(35)32-19(23(36)37)13(10-40-22(18)32)9-30-6-7-31-15(30)3-2-4-16(31)39-8-5-26-12-33/h2-4,6-7,11-12,18,22H,5,8-10H2,1H3,(H4-,25,26,27,28,33,34,36,37)/b29-17-/t18-,22-/m1/s1. The van der Waals surface area contributed by atoms with E-state index in [9.17, 15) is 24.3 Å². The number of amides is 3. The molecule has 214 valence electrons. The van der Waals surface area contributed by atoms with Gasteiger partial charge in [0.1, 0.15) is 43.2 Å². The molecule has 41 heavy (non-hydrogen) atoms. The molecule has 5 heterocycles. The number of carbonyl (C=O) groups is 4. The summed E-state index contributed by atoms with van der Waals surface area (Å²) in [5.74, 6) is -1.75. The van der Waals surface area contributed by atoms with Crippen LogP contribution in [-0.2, 0) is 30.6 Å². The molecule has 3 aromatic heterocycles. The number of rotatable bonds is 12. The van der Waals surface area contributed by atoms with Gasteiger partial charge in [-0.25, -0.2) is 9.55 Å². The first-order valence-corrected chi connectivity index (χ1v) is 15.1. The lowest BCUT2D eigenvalue weighted by Gasteiger charge is -2.50. The zero-order chi connectivity index (χ0) is 29.1. The van der Waals surface area contributed by atoms with Gasteiger partial charge in [-0.15, -0.1) is 23.1 Å². The minimum Gasteiger partial charge on any atom is -0.543 e. The predicted octanol–water partition coefficient (Wildman–Crippen LogP) is -1.44. The summed E-state index contributed by atoms with van der Waals surface area (Å²) in [6.07, 6.45) is 4.37. The minimum atomic E-state index is -1.47. The van der Waals surface area contributed by atoms with E-state index in [1.165, 1.54) is 24.3 Å². The number of nitrogens with two attached hydrogens (primary N) is 1. The van der Waals surface area contributed by atoms with Crippen molar-refractivity contribution in [1.82, 2.24) is 24.9 Å². The maximum Gasteiger partial charge on any atom is 0.287 e. The van der Waals surface area contributed by atoms with Crippen molar-refractivity contribution in [2.75, 3.05) is 30.9 Å². The molecule has 14 nitrogen and oxygen atoms in total. The quantitative estimate of drug-likeness (QED) is 0.0414. The van der Waals surface area contributed by atoms with Gasteiger partial charge in [-0.2, -0.15) is 4.40 Å². The second-order valence-electron chi connectivity index (χ2n) is 8.73. The Labute approximate surface area is 245 Å². The summed E-state index contributed by atoms with van der Waals surface area (Å²) in [5, 5.41) is 23.3. The lowest BCUT2D eigenvalue weighted by atomic mass is 10.0. The molecular formula is C24H24N8O6S3. The molecule has 2 aliphatic rings. The van der Waals surface area contributed by atoms with Crippen molar-refractivity contribution < 1.29 is 33.7 Å². The van der Waals surface area contributed by atoms with Crippen molar-refractivity contribution in [2.45, 2.75) is 23.0 Å². The molecule has 2 aliphatic heterocycles. The van der Waals surface area contributed by atoms with Crippen LogP contribution in [0.4, 0.5) is 5.13 Å². The Balaban J connectivity index is 1.34. The number of aliphatic carboxylic acids is 1. The highest BCUT2D eigenvalue weighted by Gasteiger charge is 2.53. The van der Waals surface area contributed by atoms with Gasteiger partial charge in [-0.3, -0.25) is 19.3 Å². The predicted molar refractivity (Wildman–Crippen MR) is 150 cm³/mol. The summed E-state index contributed by atoms with van der Waals surface area (Å²) in [6, 6.07) is 4.78. The third kappa shape index (κ3) is 5.59. The van der Waals surface area contributed by atoms with Gasteiger partial charge in [0.15, 0.2) is 15.9 Å². The number of imidazole rings is 1. The van der Waals surface area contributed by atoms with E-state index in [-0.39, 0.29) is 28.8 Å². The first kappa shape index (κ1) is 28.4. The molecule has 1 fully saturated rings. The fourth-order valence-electron chi connectivity index (χ4n) is 4.52. The van der Waals surface area contributed by atoms with Crippen LogP contribution in [0.15, 0.2) is 57.4 Å². The average molecular weight is 617 g/mol. The number of carboxylic acids is 1. The molecule has 17 heteroatoms. The summed E-state index contributed by atoms with van der Waals surface area (Å²) < 4.78 is 3.86. The van der Waals surface area contributed by atoms with Gasteiger partial charge >= 0.3 is 0 Å². The van der Waals surface area contributed by atoms with Crippen LogP contribution >= 0.6 is 34.9 Å². The summed E-state index contributed by atoms with van der Waals surface area (Å²) in [7, 11) is 1.27. The van der Waals surface area contributed by atoms with Crippen LogP contribution in [0.1, 0.15) is 5.69 Å². The number of hydrogen-bond acceptors (Lipinski definition) is 12.